The van der Waals surface area contributed by atoms with Crippen molar-refractivity contribution in [3.05, 3.63) is 18.7 Å². The number of aliphatic carboxylic acids is 1. The van der Waals surface area contributed by atoms with Gasteiger partial charge in [0.2, 0.25) is 10.0 Å². The molecule has 0 radical (unpaired) electrons. The maximum Gasteiger partial charge on any atom is 0.304 e. The van der Waals surface area contributed by atoms with Crippen molar-refractivity contribution < 1.29 is 18.3 Å². The average Bonchev–Trinajstić information content (AvgIpc) is 2.66. The standard InChI is InChI=1S/C9H15N3O4S/c1-8(6-12-4-3-10-7-12)11-17(15,16)5-2-9(13)14/h3-4,7-8,11H,2,5-6H2,1H3,(H,13,14). The van der Waals surface area contributed by atoms with Gasteiger partial charge in [-0.25, -0.2) is 18.1 Å². The van der Waals surface area contributed by atoms with Gasteiger partial charge in [-0.2, -0.15) is 0 Å². The smallest absolute Gasteiger partial charge is 0.304 e. The van der Waals surface area contributed by atoms with Gasteiger partial charge in [0, 0.05) is 25.0 Å². The molecular formula is C9H15N3O4S. The van der Waals surface area contributed by atoms with Crippen molar-refractivity contribution in [2.45, 2.75) is 25.9 Å². The van der Waals surface area contributed by atoms with Crippen LogP contribution >= 0.6 is 0 Å². The van der Waals surface area contributed by atoms with Crippen LogP contribution in [0.3, 0.4) is 0 Å². The number of hydrogen-bond donors (Lipinski definition) is 2. The molecule has 1 rings (SSSR count). The van der Waals surface area contributed by atoms with Gasteiger partial charge in [-0.3, -0.25) is 4.79 Å². The van der Waals surface area contributed by atoms with Crippen LogP contribution in [0.15, 0.2) is 18.7 Å². The molecule has 0 aromatic carbocycles. The zero-order valence-electron chi connectivity index (χ0n) is 9.41. The van der Waals surface area contributed by atoms with E-state index >= 15 is 0 Å². The van der Waals surface area contributed by atoms with Crippen LogP contribution in [0.5, 0.6) is 0 Å². The molecule has 0 amide bonds. The van der Waals surface area contributed by atoms with Crippen molar-refractivity contribution in [3.8, 4) is 0 Å². The largest absolute Gasteiger partial charge is 0.481 e. The Morgan fingerprint density at radius 2 is 2.29 bits per heavy atom. The molecule has 0 saturated heterocycles. The lowest BCUT2D eigenvalue weighted by atomic mass is 10.4. The summed E-state index contributed by atoms with van der Waals surface area (Å²) in [5.41, 5.74) is 0. The van der Waals surface area contributed by atoms with Crippen LogP contribution < -0.4 is 4.72 Å². The summed E-state index contributed by atoms with van der Waals surface area (Å²) in [5, 5.41) is 8.41. The highest BCUT2D eigenvalue weighted by Gasteiger charge is 2.16. The fourth-order valence-corrected chi connectivity index (χ4v) is 2.58. The van der Waals surface area contributed by atoms with E-state index in [2.05, 4.69) is 9.71 Å². The van der Waals surface area contributed by atoms with Gasteiger partial charge in [0.1, 0.15) is 0 Å². The number of carbonyl (C=O) groups is 1. The second-order valence-electron chi connectivity index (χ2n) is 3.74. The van der Waals surface area contributed by atoms with Gasteiger partial charge in [-0.05, 0) is 6.92 Å². The van der Waals surface area contributed by atoms with Gasteiger partial charge in [0.25, 0.3) is 0 Å². The number of aromatic nitrogens is 2. The average molecular weight is 261 g/mol. The molecule has 8 heteroatoms. The molecule has 1 heterocycles. The van der Waals surface area contributed by atoms with Gasteiger partial charge < -0.3 is 9.67 Å². The molecule has 1 atom stereocenters. The molecule has 0 aliphatic carbocycles. The molecule has 1 unspecified atom stereocenters. The first-order valence-electron chi connectivity index (χ1n) is 5.06. The summed E-state index contributed by atoms with van der Waals surface area (Å²) < 4.78 is 27.1. The number of imidazole rings is 1. The summed E-state index contributed by atoms with van der Waals surface area (Å²) in [6.07, 6.45) is 4.52. The van der Waals surface area contributed by atoms with Crippen molar-refractivity contribution in [1.82, 2.24) is 14.3 Å². The third-order valence-corrected chi connectivity index (χ3v) is 3.51. The van der Waals surface area contributed by atoms with Crippen LogP contribution in [0, 0.1) is 0 Å². The van der Waals surface area contributed by atoms with Gasteiger partial charge in [0.15, 0.2) is 0 Å². The number of rotatable bonds is 7. The summed E-state index contributed by atoms with van der Waals surface area (Å²) in [4.78, 5) is 14.1. The predicted octanol–water partition coefficient (Wildman–Crippen LogP) is -0.334. The van der Waals surface area contributed by atoms with Gasteiger partial charge >= 0.3 is 5.97 Å². The number of carboxylic acids is 1. The fourth-order valence-electron chi connectivity index (χ4n) is 1.34. The molecule has 0 aliphatic heterocycles. The first kappa shape index (κ1) is 13.7. The highest BCUT2D eigenvalue weighted by atomic mass is 32.2. The van der Waals surface area contributed by atoms with E-state index in [1.54, 1.807) is 30.2 Å². The topological polar surface area (TPSA) is 101 Å². The lowest BCUT2D eigenvalue weighted by Gasteiger charge is -2.14. The number of carboxylic acid groups (broad SMARTS) is 1. The van der Waals surface area contributed by atoms with Crippen LogP contribution in [-0.2, 0) is 21.4 Å². The van der Waals surface area contributed by atoms with Crippen LogP contribution in [0.1, 0.15) is 13.3 Å². The van der Waals surface area contributed by atoms with E-state index in [-0.39, 0.29) is 6.04 Å². The molecule has 0 aliphatic rings. The molecule has 17 heavy (non-hydrogen) atoms. The maximum absolute atomic E-state index is 11.5. The highest BCUT2D eigenvalue weighted by Crippen LogP contribution is 1.96. The Hall–Kier alpha value is -1.41. The van der Waals surface area contributed by atoms with Gasteiger partial charge in [-0.15, -0.1) is 0 Å². The summed E-state index contributed by atoms with van der Waals surface area (Å²) in [6.45, 7) is 2.16. The van der Waals surface area contributed by atoms with Gasteiger partial charge in [0.05, 0.1) is 18.5 Å². The molecule has 1 aromatic rings. The molecule has 0 bridgehead atoms. The Balaban J connectivity index is 2.44. The minimum Gasteiger partial charge on any atom is -0.481 e. The number of nitrogens with one attached hydrogen (secondary N) is 1. The summed E-state index contributed by atoms with van der Waals surface area (Å²) in [5.74, 6) is -1.53. The molecule has 1 aromatic heterocycles. The quantitative estimate of drug-likeness (QED) is 0.699. The lowest BCUT2D eigenvalue weighted by molar-refractivity contribution is -0.136. The zero-order chi connectivity index (χ0) is 12.9. The van der Waals surface area contributed by atoms with E-state index in [1.807, 2.05) is 0 Å². The van der Waals surface area contributed by atoms with E-state index in [0.717, 1.165) is 0 Å². The predicted molar refractivity (Wildman–Crippen MR) is 60.9 cm³/mol. The molecule has 2 N–H and O–H groups in total. The van der Waals surface area contributed by atoms with Crippen molar-refractivity contribution in [3.63, 3.8) is 0 Å². The van der Waals surface area contributed by atoms with Crippen LogP contribution in [0.25, 0.3) is 0 Å². The molecule has 0 spiro atoms. The van der Waals surface area contributed by atoms with E-state index in [9.17, 15) is 13.2 Å². The second-order valence-corrected chi connectivity index (χ2v) is 5.61. The molecule has 7 nitrogen and oxygen atoms in total. The summed E-state index contributed by atoms with van der Waals surface area (Å²) in [7, 11) is -3.54. The third kappa shape index (κ3) is 5.45. The number of nitrogens with zero attached hydrogens (tertiary/aromatic N) is 2. The fraction of sp³-hybridized carbons (Fsp3) is 0.556. The summed E-state index contributed by atoms with van der Waals surface area (Å²) >= 11 is 0. The first-order chi connectivity index (χ1) is 7.89. The normalized spacial score (nSPS) is 13.5. The Labute approximate surface area is 99.5 Å². The molecular weight excluding hydrogens is 246 g/mol. The highest BCUT2D eigenvalue weighted by molar-refractivity contribution is 7.89. The van der Waals surface area contributed by atoms with Crippen molar-refractivity contribution in [2.24, 2.45) is 0 Å². The minimum absolute atomic E-state index is 0.317. The van der Waals surface area contributed by atoms with Crippen LogP contribution in [0.2, 0.25) is 0 Å². The van der Waals surface area contributed by atoms with E-state index in [1.165, 1.54) is 0 Å². The van der Waals surface area contributed by atoms with Gasteiger partial charge in [-0.1, -0.05) is 0 Å². The Bertz CT molecular complexity index is 455. The van der Waals surface area contributed by atoms with E-state index < -0.39 is 28.2 Å². The van der Waals surface area contributed by atoms with Crippen LogP contribution in [0.4, 0.5) is 0 Å². The number of sulfonamides is 1. The maximum atomic E-state index is 11.5. The molecule has 0 saturated carbocycles. The monoisotopic (exact) mass is 261 g/mol. The number of hydrogen-bond acceptors (Lipinski definition) is 4. The lowest BCUT2D eigenvalue weighted by Crippen LogP contribution is -2.37. The summed E-state index contributed by atoms with van der Waals surface area (Å²) in [6, 6.07) is -0.317. The van der Waals surface area contributed by atoms with Crippen LogP contribution in [-0.4, -0.2) is 40.8 Å². The first-order valence-corrected chi connectivity index (χ1v) is 6.72. The van der Waals surface area contributed by atoms with E-state index in [0.29, 0.717) is 6.54 Å². The van der Waals surface area contributed by atoms with Crippen molar-refractivity contribution in [1.29, 1.82) is 0 Å². The third-order valence-electron chi connectivity index (χ3n) is 2.01. The van der Waals surface area contributed by atoms with Crippen molar-refractivity contribution >= 4 is 16.0 Å². The Morgan fingerprint density at radius 3 is 2.82 bits per heavy atom. The van der Waals surface area contributed by atoms with E-state index in [4.69, 9.17) is 5.11 Å². The molecule has 0 fully saturated rings. The zero-order valence-corrected chi connectivity index (χ0v) is 10.2. The minimum atomic E-state index is -3.54. The Kier molecular flexibility index (Phi) is 4.64. The Morgan fingerprint density at radius 1 is 1.59 bits per heavy atom. The van der Waals surface area contributed by atoms with Crippen molar-refractivity contribution in [2.75, 3.05) is 5.75 Å². The SMILES string of the molecule is CC(Cn1ccnc1)NS(=O)(=O)CCC(=O)O. The second kappa shape index (κ2) is 5.78. The molecule has 96 valence electrons.